The molecule has 1 aliphatic carbocycles. The Morgan fingerprint density at radius 3 is 2.50 bits per heavy atom. The summed E-state index contributed by atoms with van der Waals surface area (Å²) >= 11 is 12.2. The second kappa shape index (κ2) is 4.81. The molecule has 0 saturated carbocycles. The van der Waals surface area contributed by atoms with Gasteiger partial charge in [-0.25, -0.2) is 0 Å². The molecule has 2 rings (SSSR count). The van der Waals surface area contributed by atoms with Gasteiger partial charge in [-0.3, -0.25) is 0 Å². The normalized spacial score (nSPS) is 22.8. The van der Waals surface area contributed by atoms with Gasteiger partial charge >= 0.3 is 0 Å². The number of benzene rings is 1. The minimum Gasteiger partial charge on any atom is -0.178 e. The van der Waals surface area contributed by atoms with Crippen LogP contribution in [0.25, 0.3) is 0 Å². The lowest BCUT2D eigenvalue weighted by Crippen LogP contribution is -2.26. The third-order valence-corrected chi connectivity index (χ3v) is 2.87. The van der Waals surface area contributed by atoms with Gasteiger partial charge in [0.2, 0.25) is 0 Å². The third kappa shape index (κ3) is 2.71. The van der Waals surface area contributed by atoms with Gasteiger partial charge in [0.15, 0.2) is 4.33 Å². The lowest BCUT2D eigenvalue weighted by molar-refractivity contribution is 0.738. The van der Waals surface area contributed by atoms with E-state index in [1.165, 1.54) is 0 Å². The van der Waals surface area contributed by atoms with Gasteiger partial charge in [0.05, 0.1) is 5.69 Å². The Morgan fingerprint density at radius 2 is 1.81 bits per heavy atom. The van der Waals surface area contributed by atoms with Crippen LogP contribution in [0.1, 0.15) is 0 Å². The van der Waals surface area contributed by atoms with Crippen LogP contribution < -0.4 is 0 Å². The Bertz CT molecular complexity index is 436. The highest BCUT2D eigenvalue weighted by Gasteiger charge is 2.31. The molecule has 0 radical (unpaired) electrons. The topological polar surface area (TPSA) is 24.7 Å². The molecule has 16 heavy (non-hydrogen) atoms. The summed E-state index contributed by atoms with van der Waals surface area (Å²) in [6, 6.07) is 9.13. The van der Waals surface area contributed by atoms with E-state index in [9.17, 15) is 0 Å². The van der Waals surface area contributed by atoms with Crippen LogP contribution >= 0.6 is 23.2 Å². The van der Waals surface area contributed by atoms with Gasteiger partial charge < -0.3 is 0 Å². The van der Waals surface area contributed by atoms with Crippen molar-refractivity contribution in [1.29, 1.82) is 0 Å². The number of rotatable bonds is 2. The van der Waals surface area contributed by atoms with E-state index in [4.69, 9.17) is 23.2 Å². The number of azo groups is 1. The standard InChI is InChI=1S/C12H10Cl2N2/c13-12(14)9-5-4-8-11(12)16-15-10-6-2-1-3-7-10/h1-9,11H. The van der Waals surface area contributed by atoms with Crippen molar-refractivity contribution in [3.63, 3.8) is 0 Å². The minimum absolute atomic E-state index is 0.346. The predicted octanol–water partition coefficient (Wildman–Crippen LogP) is 4.44. The minimum atomic E-state index is -1.01. The third-order valence-electron chi connectivity index (χ3n) is 2.17. The van der Waals surface area contributed by atoms with Crippen LogP contribution in [-0.2, 0) is 0 Å². The van der Waals surface area contributed by atoms with Crippen LogP contribution in [0, 0.1) is 0 Å². The molecule has 1 unspecified atom stereocenters. The van der Waals surface area contributed by atoms with Crippen LogP contribution in [0.3, 0.4) is 0 Å². The Kier molecular flexibility index (Phi) is 3.42. The lowest BCUT2D eigenvalue weighted by Gasteiger charge is -2.21. The molecule has 0 saturated heterocycles. The SMILES string of the molecule is ClC1(Cl)C=CC=CC1N=Nc1ccccc1. The van der Waals surface area contributed by atoms with Crippen LogP contribution in [0.2, 0.25) is 0 Å². The summed E-state index contributed by atoms with van der Waals surface area (Å²) in [7, 11) is 0. The van der Waals surface area contributed by atoms with Crippen molar-refractivity contribution in [3.05, 3.63) is 54.6 Å². The molecule has 4 heteroatoms. The van der Waals surface area contributed by atoms with E-state index in [2.05, 4.69) is 10.2 Å². The summed E-state index contributed by atoms with van der Waals surface area (Å²) < 4.78 is -1.01. The fourth-order valence-corrected chi connectivity index (χ4v) is 1.70. The average molecular weight is 253 g/mol. The molecule has 2 nitrogen and oxygen atoms in total. The zero-order valence-corrected chi connectivity index (χ0v) is 9.94. The maximum atomic E-state index is 6.08. The highest BCUT2D eigenvalue weighted by molar-refractivity contribution is 6.50. The molecule has 0 aliphatic heterocycles. The summed E-state index contributed by atoms with van der Waals surface area (Å²) in [5.41, 5.74) is 0.787. The van der Waals surface area contributed by atoms with Crippen molar-refractivity contribution in [3.8, 4) is 0 Å². The molecule has 1 aliphatic rings. The van der Waals surface area contributed by atoms with Gasteiger partial charge in [0.1, 0.15) is 6.04 Å². The zero-order chi connectivity index (χ0) is 11.4. The fraction of sp³-hybridized carbons (Fsp3) is 0.167. The van der Waals surface area contributed by atoms with E-state index in [1.807, 2.05) is 42.5 Å². The van der Waals surface area contributed by atoms with Crippen LogP contribution in [0.4, 0.5) is 5.69 Å². The molecule has 0 amide bonds. The molecule has 0 spiro atoms. The second-order valence-electron chi connectivity index (χ2n) is 3.41. The van der Waals surface area contributed by atoms with Gasteiger partial charge in [-0.2, -0.15) is 10.2 Å². The summed E-state index contributed by atoms with van der Waals surface area (Å²) in [4.78, 5) is 0. The summed E-state index contributed by atoms with van der Waals surface area (Å²) in [6.07, 6.45) is 7.18. The van der Waals surface area contributed by atoms with E-state index < -0.39 is 4.33 Å². The van der Waals surface area contributed by atoms with E-state index in [1.54, 1.807) is 12.2 Å². The first-order valence-corrected chi connectivity index (χ1v) is 5.64. The van der Waals surface area contributed by atoms with Crippen molar-refractivity contribution in [2.24, 2.45) is 10.2 Å². The summed E-state index contributed by atoms with van der Waals surface area (Å²) in [5, 5.41) is 8.23. The van der Waals surface area contributed by atoms with Crippen molar-refractivity contribution in [2.75, 3.05) is 0 Å². The molecule has 0 bridgehead atoms. The molecule has 82 valence electrons. The van der Waals surface area contributed by atoms with Gasteiger partial charge in [0.25, 0.3) is 0 Å². The fourth-order valence-electron chi connectivity index (χ4n) is 1.32. The maximum absolute atomic E-state index is 6.08. The highest BCUT2D eigenvalue weighted by Crippen LogP contribution is 2.33. The summed E-state index contributed by atoms with van der Waals surface area (Å²) in [5.74, 6) is 0. The van der Waals surface area contributed by atoms with Crippen LogP contribution in [-0.4, -0.2) is 10.4 Å². The lowest BCUT2D eigenvalue weighted by atomic mass is 10.1. The number of hydrogen-bond acceptors (Lipinski definition) is 2. The Balaban J connectivity index is 2.13. The van der Waals surface area contributed by atoms with Gasteiger partial charge in [0, 0.05) is 0 Å². The maximum Gasteiger partial charge on any atom is 0.164 e. The molecular formula is C12H10Cl2N2. The second-order valence-corrected chi connectivity index (χ2v) is 4.86. The number of allylic oxidation sites excluding steroid dienone is 2. The van der Waals surface area contributed by atoms with Crippen LogP contribution in [0.5, 0.6) is 0 Å². The molecule has 0 aromatic heterocycles. The molecule has 1 aromatic carbocycles. The smallest absolute Gasteiger partial charge is 0.164 e. The first-order valence-electron chi connectivity index (χ1n) is 4.88. The van der Waals surface area contributed by atoms with Crippen molar-refractivity contribution in [2.45, 2.75) is 10.4 Å². The molecule has 1 aromatic rings. The Hall–Kier alpha value is -1.12. The van der Waals surface area contributed by atoms with E-state index >= 15 is 0 Å². The summed E-state index contributed by atoms with van der Waals surface area (Å²) in [6.45, 7) is 0. The van der Waals surface area contributed by atoms with Gasteiger partial charge in [-0.15, -0.1) is 0 Å². The molecular weight excluding hydrogens is 243 g/mol. The van der Waals surface area contributed by atoms with E-state index in [0.717, 1.165) is 5.69 Å². The van der Waals surface area contributed by atoms with Crippen molar-refractivity contribution >= 4 is 28.9 Å². The highest BCUT2D eigenvalue weighted by atomic mass is 35.5. The zero-order valence-electron chi connectivity index (χ0n) is 8.42. The number of hydrogen-bond donors (Lipinski definition) is 0. The molecule has 0 fully saturated rings. The monoisotopic (exact) mass is 252 g/mol. The number of nitrogens with zero attached hydrogens (tertiary/aromatic N) is 2. The van der Waals surface area contributed by atoms with Crippen molar-refractivity contribution in [1.82, 2.24) is 0 Å². The quantitative estimate of drug-likeness (QED) is 0.550. The largest absolute Gasteiger partial charge is 0.178 e. The number of alkyl halides is 2. The molecule has 0 N–H and O–H groups in total. The molecule has 1 atom stereocenters. The predicted molar refractivity (Wildman–Crippen MR) is 67.5 cm³/mol. The van der Waals surface area contributed by atoms with Crippen LogP contribution in [0.15, 0.2) is 64.9 Å². The van der Waals surface area contributed by atoms with Crippen molar-refractivity contribution < 1.29 is 0 Å². The van der Waals surface area contributed by atoms with Gasteiger partial charge in [-0.05, 0) is 18.2 Å². The average Bonchev–Trinajstić information content (AvgIpc) is 2.28. The Morgan fingerprint density at radius 1 is 1.06 bits per heavy atom. The molecule has 0 heterocycles. The first-order chi connectivity index (χ1) is 7.68. The Labute approximate surface area is 104 Å². The van der Waals surface area contributed by atoms with E-state index in [0.29, 0.717) is 0 Å². The van der Waals surface area contributed by atoms with E-state index in [-0.39, 0.29) is 6.04 Å². The van der Waals surface area contributed by atoms with Gasteiger partial charge in [-0.1, -0.05) is 59.6 Å². The number of halogens is 2. The first kappa shape index (κ1) is 11.4.